The average Bonchev–Trinajstić information content (AvgIpc) is 2.76. The predicted molar refractivity (Wildman–Crippen MR) is 136 cm³/mol. The van der Waals surface area contributed by atoms with Gasteiger partial charge in [-0.05, 0) is 63.4 Å². The summed E-state index contributed by atoms with van der Waals surface area (Å²) in [5.74, 6) is -0.208. The zero-order chi connectivity index (χ0) is 25.9. The normalized spacial score (nSPS) is 13.2. The Morgan fingerprint density at radius 2 is 1.77 bits per heavy atom. The zero-order valence-electron chi connectivity index (χ0n) is 20.7. The molecule has 0 saturated carbocycles. The summed E-state index contributed by atoms with van der Waals surface area (Å²) in [6.07, 6.45) is -0.0657. The van der Waals surface area contributed by atoms with Crippen molar-refractivity contribution in [2.75, 3.05) is 0 Å². The number of amides is 1. The lowest BCUT2D eigenvalue weighted by atomic mass is 9.99. The monoisotopic (exact) mass is 499 g/mol. The van der Waals surface area contributed by atoms with Crippen molar-refractivity contribution in [1.29, 1.82) is 0 Å². The number of halogens is 1. The molecule has 0 aliphatic heterocycles. The lowest BCUT2D eigenvalue weighted by Crippen LogP contribution is -2.48. The molecule has 8 heteroatoms. The molecule has 0 aliphatic rings. The van der Waals surface area contributed by atoms with E-state index in [-0.39, 0.29) is 22.7 Å². The summed E-state index contributed by atoms with van der Waals surface area (Å²) in [4.78, 5) is 38.4. The molecule has 1 aromatic heterocycles. The predicted octanol–water partition coefficient (Wildman–Crippen LogP) is 6.27. The maximum Gasteiger partial charge on any atom is 0.408 e. The third-order valence-electron chi connectivity index (χ3n) is 5.53. The fraction of sp³-hybridized carbons (Fsp3) is 0.370. The summed E-state index contributed by atoms with van der Waals surface area (Å²) < 4.78 is 16.8. The van der Waals surface area contributed by atoms with Gasteiger partial charge >= 0.3 is 12.1 Å². The lowest BCUT2D eigenvalue weighted by Gasteiger charge is -2.25. The first-order chi connectivity index (χ1) is 16.4. The number of fused-ring (bicyclic) bond motifs is 1. The van der Waals surface area contributed by atoms with Crippen molar-refractivity contribution in [3.63, 3.8) is 0 Å². The number of aryl methyl sites for hydroxylation is 1. The van der Waals surface area contributed by atoms with E-state index < -0.39 is 23.7 Å². The van der Waals surface area contributed by atoms with Gasteiger partial charge in [-0.3, -0.25) is 4.79 Å². The van der Waals surface area contributed by atoms with Crippen LogP contribution < -0.4 is 15.5 Å². The van der Waals surface area contributed by atoms with Crippen molar-refractivity contribution in [3.8, 4) is 16.9 Å². The summed E-state index contributed by atoms with van der Waals surface area (Å²) in [6.45, 7) is 10.7. The molecule has 0 radical (unpaired) electrons. The molecule has 0 fully saturated rings. The third-order valence-corrected chi connectivity index (χ3v) is 5.78. The SMILES string of the molecule is CCC(C)C(NC(=O)OC(C)(C)C)C(=O)Oc1ccc2c(=O)c(-c3ccc(Cl)cc3)c(C)oc2c1. The summed E-state index contributed by atoms with van der Waals surface area (Å²) in [6, 6.07) is 10.6. The fourth-order valence-corrected chi connectivity index (χ4v) is 3.71. The summed E-state index contributed by atoms with van der Waals surface area (Å²) in [5.41, 5.74) is 0.524. The highest BCUT2D eigenvalue weighted by Crippen LogP contribution is 2.27. The quantitative estimate of drug-likeness (QED) is 0.317. The molecule has 0 bridgehead atoms. The Balaban J connectivity index is 1.88. The molecular formula is C27H30ClNO6. The van der Waals surface area contributed by atoms with Crippen molar-refractivity contribution in [1.82, 2.24) is 5.32 Å². The van der Waals surface area contributed by atoms with Crippen molar-refractivity contribution < 1.29 is 23.5 Å². The van der Waals surface area contributed by atoms with E-state index in [1.165, 1.54) is 12.1 Å². The highest BCUT2D eigenvalue weighted by molar-refractivity contribution is 6.30. The number of esters is 1. The second-order valence-corrected chi connectivity index (χ2v) is 9.89. The Hall–Kier alpha value is -3.32. The minimum Gasteiger partial charge on any atom is -0.460 e. The van der Waals surface area contributed by atoms with Crippen LogP contribution in [0, 0.1) is 12.8 Å². The van der Waals surface area contributed by atoms with E-state index in [9.17, 15) is 14.4 Å². The summed E-state index contributed by atoms with van der Waals surface area (Å²) >= 11 is 5.97. The zero-order valence-corrected chi connectivity index (χ0v) is 21.5. The fourth-order valence-electron chi connectivity index (χ4n) is 3.58. The highest BCUT2D eigenvalue weighted by Gasteiger charge is 2.30. The van der Waals surface area contributed by atoms with Crippen LogP contribution >= 0.6 is 11.6 Å². The van der Waals surface area contributed by atoms with Crippen LogP contribution in [-0.4, -0.2) is 23.7 Å². The third kappa shape index (κ3) is 6.42. The van der Waals surface area contributed by atoms with Crippen LogP contribution in [0.2, 0.25) is 5.02 Å². The van der Waals surface area contributed by atoms with Crippen LogP contribution in [0.3, 0.4) is 0 Å². The minimum absolute atomic E-state index is 0.197. The molecule has 2 atom stereocenters. The topological polar surface area (TPSA) is 94.8 Å². The molecule has 7 nitrogen and oxygen atoms in total. The van der Waals surface area contributed by atoms with Crippen LogP contribution in [0.5, 0.6) is 5.75 Å². The van der Waals surface area contributed by atoms with Gasteiger partial charge < -0.3 is 19.2 Å². The Bertz CT molecular complexity index is 1290. The number of hydrogen-bond acceptors (Lipinski definition) is 6. The van der Waals surface area contributed by atoms with Gasteiger partial charge in [0.05, 0.1) is 10.9 Å². The van der Waals surface area contributed by atoms with Gasteiger partial charge in [-0.2, -0.15) is 0 Å². The molecule has 0 spiro atoms. The number of carbonyl (C=O) groups excluding carboxylic acids is 2. The van der Waals surface area contributed by atoms with Crippen molar-refractivity contribution in [2.45, 2.75) is 59.6 Å². The molecule has 0 aliphatic carbocycles. The molecular weight excluding hydrogens is 470 g/mol. The Morgan fingerprint density at radius 3 is 2.37 bits per heavy atom. The van der Waals surface area contributed by atoms with Crippen LogP contribution in [0.15, 0.2) is 51.7 Å². The van der Waals surface area contributed by atoms with E-state index in [1.54, 1.807) is 58.0 Å². The highest BCUT2D eigenvalue weighted by atomic mass is 35.5. The number of alkyl carbamates (subject to hydrolysis) is 1. The number of rotatable bonds is 6. The molecule has 0 saturated heterocycles. The standard InChI is InChI=1S/C27H30ClNO6/c1-7-15(2)23(29-26(32)35-27(4,5)6)25(31)34-19-12-13-20-21(14-19)33-16(3)22(24(20)30)17-8-10-18(28)11-9-17/h8-15,23H,7H2,1-6H3,(H,29,32). The van der Waals surface area contributed by atoms with E-state index >= 15 is 0 Å². The number of nitrogens with one attached hydrogen (secondary N) is 1. The maximum absolute atomic E-state index is 13.2. The van der Waals surface area contributed by atoms with Gasteiger partial charge in [0.25, 0.3) is 0 Å². The van der Waals surface area contributed by atoms with Crippen LogP contribution in [0.1, 0.15) is 46.8 Å². The molecule has 1 heterocycles. The molecule has 3 rings (SSSR count). The van der Waals surface area contributed by atoms with Gasteiger partial charge in [0.1, 0.15) is 28.7 Å². The first-order valence-electron chi connectivity index (χ1n) is 11.4. The lowest BCUT2D eigenvalue weighted by molar-refractivity contribution is -0.138. The van der Waals surface area contributed by atoms with E-state index in [1.807, 2.05) is 13.8 Å². The summed E-state index contributed by atoms with van der Waals surface area (Å²) in [7, 11) is 0. The van der Waals surface area contributed by atoms with E-state index in [2.05, 4.69) is 5.32 Å². The molecule has 1 amide bonds. The van der Waals surface area contributed by atoms with Gasteiger partial charge in [0, 0.05) is 11.1 Å². The Morgan fingerprint density at radius 1 is 1.11 bits per heavy atom. The van der Waals surface area contributed by atoms with Crippen LogP contribution in [-0.2, 0) is 9.53 Å². The first kappa shape index (κ1) is 26.3. The van der Waals surface area contributed by atoms with Gasteiger partial charge in [-0.25, -0.2) is 9.59 Å². The number of hydrogen-bond donors (Lipinski definition) is 1. The molecule has 2 unspecified atom stereocenters. The summed E-state index contributed by atoms with van der Waals surface area (Å²) in [5, 5.41) is 3.53. The van der Waals surface area contributed by atoms with E-state index in [0.29, 0.717) is 33.7 Å². The minimum atomic E-state index is -0.911. The van der Waals surface area contributed by atoms with E-state index in [4.69, 9.17) is 25.5 Å². The van der Waals surface area contributed by atoms with Crippen molar-refractivity contribution >= 4 is 34.6 Å². The molecule has 1 N–H and O–H groups in total. The van der Waals surface area contributed by atoms with Gasteiger partial charge in [0.2, 0.25) is 5.43 Å². The number of benzene rings is 2. The van der Waals surface area contributed by atoms with Crippen molar-refractivity contribution in [2.24, 2.45) is 5.92 Å². The number of carbonyl (C=O) groups is 2. The van der Waals surface area contributed by atoms with Gasteiger partial charge in [-0.15, -0.1) is 0 Å². The second-order valence-electron chi connectivity index (χ2n) is 9.46. The Kier molecular flexibility index (Phi) is 7.90. The number of ether oxygens (including phenoxy) is 2. The van der Waals surface area contributed by atoms with Crippen LogP contribution in [0.4, 0.5) is 4.79 Å². The molecule has 3 aromatic rings. The Labute approximate surface area is 209 Å². The van der Waals surface area contributed by atoms with E-state index in [0.717, 1.165) is 0 Å². The first-order valence-corrected chi connectivity index (χ1v) is 11.8. The second kappa shape index (κ2) is 10.5. The smallest absolute Gasteiger partial charge is 0.408 e. The van der Waals surface area contributed by atoms with Crippen molar-refractivity contribution in [3.05, 3.63) is 63.5 Å². The van der Waals surface area contributed by atoms with Gasteiger partial charge in [-0.1, -0.05) is 44.0 Å². The molecule has 186 valence electrons. The molecule has 2 aromatic carbocycles. The average molecular weight is 500 g/mol. The van der Waals surface area contributed by atoms with Crippen LogP contribution in [0.25, 0.3) is 22.1 Å². The largest absolute Gasteiger partial charge is 0.460 e. The van der Waals surface area contributed by atoms with Gasteiger partial charge in [0.15, 0.2) is 0 Å². The maximum atomic E-state index is 13.2. The molecule has 35 heavy (non-hydrogen) atoms.